The molecule has 0 unspecified atom stereocenters. The minimum Gasteiger partial charge on any atom is -0.422 e. The lowest BCUT2D eigenvalue weighted by Gasteiger charge is -1.99. The SMILES string of the molecule is CCc1ccnc(B(O)O)c1. The summed E-state index contributed by atoms with van der Waals surface area (Å²) in [6.07, 6.45) is 2.45. The molecule has 0 saturated heterocycles. The molecule has 2 N–H and O–H groups in total. The van der Waals surface area contributed by atoms with Crippen molar-refractivity contribution in [3.8, 4) is 0 Å². The first kappa shape index (κ1) is 8.23. The highest BCUT2D eigenvalue weighted by Crippen LogP contribution is 1.94. The van der Waals surface area contributed by atoms with Crippen molar-refractivity contribution in [3.05, 3.63) is 23.9 Å². The third kappa shape index (κ3) is 2.03. The minimum absolute atomic E-state index is 0.310. The average molecular weight is 151 g/mol. The van der Waals surface area contributed by atoms with Gasteiger partial charge in [0.15, 0.2) is 0 Å². The smallest absolute Gasteiger partial charge is 0.422 e. The molecule has 0 aliphatic rings. The normalized spacial score (nSPS) is 9.73. The van der Waals surface area contributed by atoms with Crippen LogP contribution in [0.4, 0.5) is 0 Å². The van der Waals surface area contributed by atoms with Crippen LogP contribution >= 0.6 is 0 Å². The number of aromatic nitrogens is 1. The molecule has 58 valence electrons. The second-order valence-corrected chi connectivity index (χ2v) is 2.32. The van der Waals surface area contributed by atoms with Gasteiger partial charge in [0.25, 0.3) is 0 Å². The predicted molar refractivity (Wildman–Crippen MR) is 43.4 cm³/mol. The molecule has 1 heterocycles. The summed E-state index contributed by atoms with van der Waals surface area (Å²) in [5.74, 6) is 0. The van der Waals surface area contributed by atoms with E-state index in [1.807, 2.05) is 13.0 Å². The highest BCUT2D eigenvalue weighted by atomic mass is 16.4. The van der Waals surface area contributed by atoms with Gasteiger partial charge in [0.2, 0.25) is 0 Å². The van der Waals surface area contributed by atoms with Crippen molar-refractivity contribution >= 4 is 12.7 Å². The number of nitrogens with zero attached hydrogens (tertiary/aromatic N) is 1. The lowest BCUT2D eigenvalue weighted by molar-refractivity contribution is 0.424. The topological polar surface area (TPSA) is 53.4 Å². The summed E-state index contributed by atoms with van der Waals surface area (Å²) in [6, 6.07) is 3.54. The molecule has 0 aliphatic heterocycles. The van der Waals surface area contributed by atoms with E-state index < -0.39 is 7.12 Å². The van der Waals surface area contributed by atoms with Crippen LogP contribution in [0.25, 0.3) is 0 Å². The highest BCUT2D eigenvalue weighted by Gasteiger charge is 2.11. The first-order chi connectivity index (χ1) is 5.24. The Bertz CT molecular complexity index is 240. The Morgan fingerprint density at radius 3 is 2.82 bits per heavy atom. The van der Waals surface area contributed by atoms with E-state index in [4.69, 9.17) is 10.0 Å². The third-order valence-electron chi connectivity index (χ3n) is 1.52. The van der Waals surface area contributed by atoms with E-state index in [0.29, 0.717) is 5.59 Å². The Morgan fingerprint density at radius 1 is 1.55 bits per heavy atom. The minimum atomic E-state index is -1.46. The Morgan fingerprint density at radius 2 is 2.27 bits per heavy atom. The van der Waals surface area contributed by atoms with Crippen molar-refractivity contribution in [2.45, 2.75) is 13.3 Å². The second kappa shape index (κ2) is 3.50. The van der Waals surface area contributed by atoms with Gasteiger partial charge in [0.05, 0.1) is 5.59 Å². The van der Waals surface area contributed by atoms with E-state index in [1.165, 1.54) is 0 Å². The largest absolute Gasteiger partial charge is 0.508 e. The van der Waals surface area contributed by atoms with E-state index in [9.17, 15) is 0 Å². The number of hydrogen-bond acceptors (Lipinski definition) is 3. The first-order valence-electron chi connectivity index (χ1n) is 3.55. The summed E-state index contributed by atoms with van der Waals surface area (Å²) in [6.45, 7) is 2.00. The monoisotopic (exact) mass is 151 g/mol. The maximum atomic E-state index is 8.74. The van der Waals surface area contributed by atoms with E-state index in [1.54, 1.807) is 12.3 Å². The molecule has 3 nitrogen and oxygen atoms in total. The summed E-state index contributed by atoms with van der Waals surface area (Å²) >= 11 is 0. The summed E-state index contributed by atoms with van der Waals surface area (Å²) in [5, 5.41) is 17.5. The molecule has 11 heavy (non-hydrogen) atoms. The molecular formula is C7H10BNO2. The van der Waals surface area contributed by atoms with Crippen molar-refractivity contribution in [1.82, 2.24) is 4.98 Å². The van der Waals surface area contributed by atoms with Gasteiger partial charge in [-0.2, -0.15) is 0 Å². The van der Waals surface area contributed by atoms with Crippen LogP contribution in [0.5, 0.6) is 0 Å². The molecule has 0 aromatic carbocycles. The van der Waals surface area contributed by atoms with Gasteiger partial charge in [-0.15, -0.1) is 0 Å². The van der Waals surface area contributed by atoms with Gasteiger partial charge in [0.1, 0.15) is 0 Å². The molecule has 0 saturated carbocycles. The zero-order valence-corrected chi connectivity index (χ0v) is 6.36. The molecule has 1 aromatic heterocycles. The number of aryl methyl sites for hydroxylation is 1. The van der Waals surface area contributed by atoms with E-state index in [2.05, 4.69) is 4.98 Å². The standard InChI is InChI=1S/C7H10BNO2/c1-2-6-3-4-9-7(5-6)8(10)11/h3-5,10-11H,2H2,1H3. The van der Waals surface area contributed by atoms with Gasteiger partial charge in [-0.1, -0.05) is 6.92 Å². The van der Waals surface area contributed by atoms with Gasteiger partial charge >= 0.3 is 7.12 Å². The van der Waals surface area contributed by atoms with Crippen molar-refractivity contribution in [2.75, 3.05) is 0 Å². The Kier molecular flexibility index (Phi) is 2.62. The van der Waals surface area contributed by atoms with E-state index >= 15 is 0 Å². The lowest BCUT2D eigenvalue weighted by Crippen LogP contribution is -2.32. The first-order valence-corrected chi connectivity index (χ1v) is 3.55. The fourth-order valence-corrected chi connectivity index (χ4v) is 0.856. The fourth-order valence-electron chi connectivity index (χ4n) is 0.856. The molecule has 0 aliphatic carbocycles. The zero-order valence-electron chi connectivity index (χ0n) is 6.36. The Balaban J connectivity index is 2.91. The molecule has 4 heteroatoms. The van der Waals surface area contributed by atoms with E-state index in [-0.39, 0.29) is 0 Å². The zero-order chi connectivity index (χ0) is 8.27. The Hall–Kier alpha value is -0.865. The van der Waals surface area contributed by atoms with Crippen LogP contribution in [0.1, 0.15) is 12.5 Å². The molecule has 0 atom stereocenters. The third-order valence-corrected chi connectivity index (χ3v) is 1.52. The van der Waals surface area contributed by atoms with Crippen LogP contribution in [-0.4, -0.2) is 22.2 Å². The number of hydrogen-bond donors (Lipinski definition) is 2. The van der Waals surface area contributed by atoms with Crippen molar-refractivity contribution in [1.29, 1.82) is 0 Å². The van der Waals surface area contributed by atoms with Crippen molar-refractivity contribution in [2.24, 2.45) is 0 Å². The number of pyridine rings is 1. The Labute approximate surface area is 65.9 Å². The molecule has 0 spiro atoms. The maximum absolute atomic E-state index is 8.74. The van der Waals surface area contributed by atoms with Crippen LogP contribution in [0.15, 0.2) is 18.3 Å². The molecule has 1 aromatic rings. The quantitative estimate of drug-likeness (QED) is 0.550. The van der Waals surface area contributed by atoms with Crippen LogP contribution in [0.2, 0.25) is 0 Å². The summed E-state index contributed by atoms with van der Waals surface area (Å²) in [7, 11) is -1.46. The maximum Gasteiger partial charge on any atom is 0.508 e. The molecular weight excluding hydrogens is 141 g/mol. The molecule has 1 rings (SSSR count). The van der Waals surface area contributed by atoms with Crippen LogP contribution in [-0.2, 0) is 6.42 Å². The van der Waals surface area contributed by atoms with E-state index in [0.717, 1.165) is 12.0 Å². The highest BCUT2D eigenvalue weighted by molar-refractivity contribution is 6.57. The fraction of sp³-hybridized carbons (Fsp3) is 0.286. The summed E-state index contributed by atoms with van der Waals surface area (Å²) < 4.78 is 0. The van der Waals surface area contributed by atoms with Crippen LogP contribution in [0.3, 0.4) is 0 Å². The summed E-state index contributed by atoms with van der Waals surface area (Å²) in [4.78, 5) is 3.79. The van der Waals surface area contributed by atoms with Crippen LogP contribution in [0, 0.1) is 0 Å². The molecule has 0 amide bonds. The molecule has 0 radical (unpaired) electrons. The predicted octanol–water partition coefficient (Wildman–Crippen LogP) is -0.676. The van der Waals surface area contributed by atoms with Gasteiger partial charge in [0, 0.05) is 6.20 Å². The molecule has 0 fully saturated rings. The van der Waals surface area contributed by atoms with Gasteiger partial charge < -0.3 is 10.0 Å². The van der Waals surface area contributed by atoms with Gasteiger partial charge in [-0.3, -0.25) is 4.98 Å². The van der Waals surface area contributed by atoms with Crippen LogP contribution < -0.4 is 5.59 Å². The molecule has 0 bridgehead atoms. The lowest BCUT2D eigenvalue weighted by atomic mass is 9.85. The van der Waals surface area contributed by atoms with Crippen molar-refractivity contribution < 1.29 is 10.0 Å². The average Bonchev–Trinajstić information content (AvgIpc) is 2.05. The second-order valence-electron chi connectivity index (χ2n) is 2.32. The summed E-state index contributed by atoms with van der Waals surface area (Å²) in [5.41, 5.74) is 1.37. The van der Waals surface area contributed by atoms with Gasteiger partial charge in [-0.05, 0) is 24.1 Å². The number of rotatable bonds is 2. The van der Waals surface area contributed by atoms with Gasteiger partial charge in [-0.25, -0.2) is 0 Å². The van der Waals surface area contributed by atoms with Crippen molar-refractivity contribution in [3.63, 3.8) is 0 Å².